The van der Waals surface area contributed by atoms with E-state index < -0.39 is 5.97 Å². The smallest absolute Gasteiger partial charge is 0.303 e. The molecule has 7 heteroatoms. The lowest BCUT2D eigenvalue weighted by Crippen LogP contribution is -2.24. The topological polar surface area (TPSA) is 83.4 Å². The molecule has 1 heterocycles. The summed E-state index contributed by atoms with van der Waals surface area (Å²) in [5.74, 6) is -0.955. The summed E-state index contributed by atoms with van der Waals surface area (Å²) < 4.78 is 2.23. The third-order valence-corrected chi connectivity index (χ3v) is 6.57. The zero-order valence-corrected chi connectivity index (χ0v) is 21.4. The fourth-order valence-electron chi connectivity index (χ4n) is 4.37. The molecule has 0 saturated heterocycles. The van der Waals surface area contributed by atoms with Crippen LogP contribution in [0.1, 0.15) is 80.4 Å². The predicted octanol–water partition coefficient (Wildman–Crippen LogP) is 6.94. The molecule has 2 aromatic carbocycles. The van der Waals surface area contributed by atoms with Gasteiger partial charge < -0.3 is 20.3 Å². The Morgan fingerprint density at radius 3 is 2.49 bits per heavy atom. The number of carboxylic acids is 1. The average Bonchev–Trinajstić information content (AvgIpc) is 3.16. The Morgan fingerprint density at radius 2 is 1.77 bits per heavy atom. The lowest BCUT2D eigenvalue weighted by molar-refractivity contribution is -0.137. The number of hydrogen-bond acceptors (Lipinski definition) is 3. The maximum Gasteiger partial charge on any atom is 0.303 e. The van der Waals surface area contributed by atoms with E-state index in [1.54, 1.807) is 0 Å². The molecule has 3 aromatic rings. The van der Waals surface area contributed by atoms with Crippen molar-refractivity contribution in [2.24, 2.45) is 7.05 Å². The Balaban J connectivity index is 1.68. The van der Waals surface area contributed by atoms with Crippen molar-refractivity contribution in [3.63, 3.8) is 0 Å². The van der Waals surface area contributed by atoms with E-state index in [-0.39, 0.29) is 18.4 Å². The normalized spacial score (nSPS) is 12.0. The summed E-state index contributed by atoms with van der Waals surface area (Å²) in [5.41, 5.74) is 3.92. The number of benzene rings is 2. The number of fused-ring (bicyclic) bond motifs is 1. The molecule has 6 nitrogen and oxygen atoms in total. The quantitative estimate of drug-likeness (QED) is 0.211. The molecular weight excluding hydrogens is 462 g/mol. The molecule has 0 radical (unpaired) electrons. The van der Waals surface area contributed by atoms with E-state index in [1.165, 1.54) is 25.0 Å². The van der Waals surface area contributed by atoms with Gasteiger partial charge in [0.05, 0.1) is 6.04 Å². The lowest BCUT2D eigenvalue weighted by atomic mass is 10.0. The van der Waals surface area contributed by atoms with Crippen molar-refractivity contribution < 1.29 is 14.7 Å². The number of amides is 1. The highest BCUT2D eigenvalue weighted by atomic mass is 35.5. The van der Waals surface area contributed by atoms with Crippen LogP contribution < -0.4 is 10.6 Å². The van der Waals surface area contributed by atoms with Crippen molar-refractivity contribution in [3.8, 4) is 0 Å². The number of anilines is 1. The molecule has 1 aromatic heterocycles. The number of carboxylic acid groups (broad SMARTS) is 1. The third kappa shape index (κ3) is 7.76. The first-order chi connectivity index (χ1) is 16.9. The Labute approximate surface area is 212 Å². The molecule has 188 valence electrons. The number of nitrogens with one attached hydrogen (secondary N) is 2. The summed E-state index contributed by atoms with van der Waals surface area (Å²) in [6.45, 7) is 2.69. The zero-order chi connectivity index (χ0) is 25.2. The molecule has 0 aliphatic heterocycles. The number of rotatable bonds is 14. The first-order valence-electron chi connectivity index (χ1n) is 12.5. The minimum atomic E-state index is -0.810. The van der Waals surface area contributed by atoms with Gasteiger partial charge in [0, 0.05) is 52.9 Å². The lowest BCUT2D eigenvalue weighted by Gasteiger charge is -2.21. The van der Waals surface area contributed by atoms with E-state index in [0.717, 1.165) is 34.5 Å². The van der Waals surface area contributed by atoms with Gasteiger partial charge in [-0.05, 0) is 67.8 Å². The number of nitrogens with zero attached hydrogens (tertiary/aromatic N) is 1. The van der Waals surface area contributed by atoms with Gasteiger partial charge in [0.15, 0.2) is 0 Å². The average molecular weight is 498 g/mol. The van der Waals surface area contributed by atoms with Gasteiger partial charge in [-0.3, -0.25) is 9.59 Å². The molecular formula is C28H36ClN3O3. The maximum atomic E-state index is 12.4. The van der Waals surface area contributed by atoms with E-state index in [2.05, 4.69) is 41.3 Å². The maximum absolute atomic E-state index is 12.4. The summed E-state index contributed by atoms with van der Waals surface area (Å²) in [6.07, 6.45) is 7.11. The predicted molar refractivity (Wildman–Crippen MR) is 143 cm³/mol. The van der Waals surface area contributed by atoms with Crippen LogP contribution in [0.2, 0.25) is 5.02 Å². The van der Waals surface area contributed by atoms with Crippen LogP contribution in [0.5, 0.6) is 0 Å². The largest absolute Gasteiger partial charge is 0.481 e. The molecule has 3 N–H and O–H groups in total. The molecule has 0 bridgehead atoms. The van der Waals surface area contributed by atoms with Crippen LogP contribution in [-0.4, -0.2) is 28.1 Å². The van der Waals surface area contributed by atoms with Gasteiger partial charge in [-0.2, -0.15) is 0 Å². The molecule has 0 aliphatic carbocycles. The van der Waals surface area contributed by atoms with Gasteiger partial charge in [0.1, 0.15) is 0 Å². The monoisotopic (exact) mass is 497 g/mol. The molecule has 1 atom stereocenters. The van der Waals surface area contributed by atoms with E-state index >= 15 is 0 Å². The molecule has 1 amide bonds. The van der Waals surface area contributed by atoms with Crippen LogP contribution in [-0.2, 0) is 11.8 Å². The highest BCUT2D eigenvalue weighted by Gasteiger charge is 2.17. The van der Waals surface area contributed by atoms with Gasteiger partial charge in [-0.25, -0.2) is 0 Å². The molecule has 35 heavy (non-hydrogen) atoms. The molecule has 0 aliphatic rings. The molecule has 3 rings (SSSR count). The highest BCUT2D eigenvalue weighted by Crippen LogP contribution is 2.31. The number of hydrogen-bond donors (Lipinski definition) is 3. The van der Waals surface area contributed by atoms with Crippen molar-refractivity contribution in [2.75, 3.05) is 11.9 Å². The van der Waals surface area contributed by atoms with Crippen LogP contribution >= 0.6 is 11.6 Å². The number of aliphatic carboxylic acids is 1. The van der Waals surface area contributed by atoms with Gasteiger partial charge in [-0.1, -0.05) is 44.2 Å². The van der Waals surface area contributed by atoms with Crippen molar-refractivity contribution in [1.82, 2.24) is 9.88 Å². The molecule has 0 spiro atoms. The second-order valence-corrected chi connectivity index (χ2v) is 9.50. The summed E-state index contributed by atoms with van der Waals surface area (Å²) in [6, 6.07) is 15.9. The van der Waals surface area contributed by atoms with Gasteiger partial charge in [-0.15, -0.1) is 0 Å². The van der Waals surface area contributed by atoms with E-state index in [1.807, 2.05) is 36.4 Å². The number of halogens is 1. The Bertz CT molecular complexity index is 1120. The van der Waals surface area contributed by atoms with E-state index in [0.29, 0.717) is 24.9 Å². The van der Waals surface area contributed by atoms with E-state index in [4.69, 9.17) is 16.7 Å². The van der Waals surface area contributed by atoms with Crippen molar-refractivity contribution in [2.45, 2.75) is 64.3 Å². The summed E-state index contributed by atoms with van der Waals surface area (Å²) in [4.78, 5) is 23.0. The van der Waals surface area contributed by atoms with Crippen molar-refractivity contribution >= 4 is 40.1 Å². The second-order valence-electron chi connectivity index (χ2n) is 9.06. The highest BCUT2D eigenvalue weighted by molar-refractivity contribution is 6.31. The number of aryl methyl sites for hydroxylation is 1. The molecule has 0 fully saturated rings. The van der Waals surface area contributed by atoms with Crippen LogP contribution in [0.25, 0.3) is 10.9 Å². The standard InChI is InChI=1S/C28H36ClN3O3/c1-3-4-5-6-9-24(26-19-21-18-22(29)13-16-25(21)32(26)2)31-23-14-11-20(12-15-23)28(35)30-17-8-7-10-27(33)34/h11-16,18-19,24,31H,3-10,17H2,1-2H3,(H,30,35)(H,33,34). The van der Waals surface area contributed by atoms with Crippen LogP contribution in [0.3, 0.4) is 0 Å². The Hall–Kier alpha value is -2.99. The number of aromatic nitrogens is 1. The first-order valence-corrected chi connectivity index (χ1v) is 12.9. The first kappa shape index (κ1) is 26.6. The van der Waals surface area contributed by atoms with Gasteiger partial charge in [0.25, 0.3) is 5.91 Å². The van der Waals surface area contributed by atoms with Crippen LogP contribution in [0.15, 0.2) is 48.5 Å². The molecule has 0 saturated carbocycles. The van der Waals surface area contributed by atoms with Crippen molar-refractivity contribution in [1.29, 1.82) is 0 Å². The Morgan fingerprint density at radius 1 is 1.00 bits per heavy atom. The molecule has 1 unspecified atom stereocenters. The van der Waals surface area contributed by atoms with Gasteiger partial charge in [0.2, 0.25) is 0 Å². The SMILES string of the molecule is CCCCCCC(Nc1ccc(C(=O)NCCCCC(=O)O)cc1)c1cc2cc(Cl)ccc2n1C. The minimum Gasteiger partial charge on any atom is -0.481 e. The van der Waals surface area contributed by atoms with E-state index in [9.17, 15) is 9.59 Å². The number of carbonyl (C=O) groups is 2. The minimum absolute atomic E-state index is 0.125. The van der Waals surface area contributed by atoms with Crippen LogP contribution in [0, 0.1) is 0 Å². The fraction of sp³-hybridized carbons (Fsp3) is 0.429. The summed E-state index contributed by atoms with van der Waals surface area (Å²) in [5, 5.41) is 17.1. The summed E-state index contributed by atoms with van der Waals surface area (Å²) >= 11 is 6.23. The van der Waals surface area contributed by atoms with Gasteiger partial charge >= 0.3 is 5.97 Å². The van der Waals surface area contributed by atoms with Crippen LogP contribution in [0.4, 0.5) is 5.69 Å². The fourth-order valence-corrected chi connectivity index (χ4v) is 4.55. The van der Waals surface area contributed by atoms with Crippen molar-refractivity contribution in [3.05, 3.63) is 64.8 Å². The second kappa shape index (κ2) is 13.2. The Kier molecular flexibility index (Phi) is 10.0. The summed E-state index contributed by atoms with van der Waals surface area (Å²) in [7, 11) is 2.09. The zero-order valence-electron chi connectivity index (χ0n) is 20.6. The number of carbonyl (C=O) groups excluding carboxylic acids is 1. The number of unbranched alkanes of at least 4 members (excludes halogenated alkanes) is 4. The third-order valence-electron chi connectivity index (χ3n) is 6.34.